The summed E-state index contributed by atoms with van der Waals surface area (Å²) < 4.78 is 27.6. The first-order valence-electron chi connectivity index (χ1n) is 9.57. The Morgan fingerprint density at radius 1 is 0.964 bits per heavy atom. The molecule has 0 aliphatic heterocycles. The van der Waals surface area contributed by atoms with Crippen LogP contribution < -0.4 is 5.32 Å². The standard InChI is InChI=1S/C22H30N2O3S/c1-17(2)13-14-23-22(25)16-24(15-20-9-5-18(3)6-10-20)28(26,27)21-11-7-19(4)8-12-21/h5-12,17H,13-16H2,1-4H3,(H,23,25). The number of hydrogen-bond acceptors (Lipinski definition) is 3. The number of hydrogen-bond donors (Lipinski definition) is 1. The molecule has 0 saturated heterocycles. The normalized spacial score (nSPS) is 11.8. The Labute approximate surface area is 168 Å². The van der Waals surface area contributed by atoms with E-state index in [0.29, 0.717) is 12.5 Å². The van der Waals surface area contributed by atoms with Gasteiger partial charge in [-0.25, -0.2) is 8.42 Å². The van der Waals surface area contributed by atoms with Gasteiger partial charge in [-0.05, 0) is 43.9 Å². The van der Waals surface area contributed by atoms with Crippen molar-refractivity contribution in [2.45, 2.75) is 45.6 Å². The Morgan fingerprint density at radius 3 is 2.04 bits per heavy atom. The second-order valence-corrected chi connectivity index (χ2v) is 9.54. The molecule has 0 saturated carbocycles. The predicted octanol–water partition coefficient (Wildman–Crippen LogP) is 3.66. The minimum atomic E-state index is -3.79. The lowest BCUT2D eigenvalue weighted by Gasteiger charge is -2.22. The number of rotatable bonds is 9. The van der Waals surface area contributed by atoms with Gasteiger partial charge in [0, 0.05) is 13.1 Å². The predicted molar refractivity (Wildman–Crippen MR) is 112 cm³/mol. The third-order valence-electron chi connectivity index (χ3n) is 4.50. The molecule has 0 aromatic heterocycles. The van der Waals surface area contributed by atoms with Gasteiger partial charge in [0.25, 0.3) is 0 Å². The van der Waals surface area contributed by atoms with Gasteiger partial charge < -0.3 is 5.32 Å². The van der Waals surface area contributed by atoms with E-state index in [-0.39, 0.29) is 23.9 Å². The first-order chi connectivity index (χ1) is 13.2. The Morgan fingerprint density at radius 2 is 1.50 bits per heavy atom. The quantitative estimate of drug-likeness (QED) is 0.696. The molecule has 2 aromatic rings. The molecule has 28 heavy (non-hydrogen) atoms. The maximum atomic E-state index is 13.2. The van der Waals surface area contributed by atoms with Crippen LogP contribution in [-0.4, -0.2) is 31.7 Å². The molecule has 5 nitrogen and oxygen atoms in total. The first-order valence-corrected chi connectivity index (χ1v) is 11.0. The lowest BCUT2D eigenvalue weighted by atomic mass is 10.1. The van der Waals surface area contributed by atoms with E-state index in [1.807, 2.05) is 38.1 Å². The molecule has 0 atom stereocenters. The summed E-state index contributed by atoms with van der Waals surface area (Å²) in [5.41, 5.74) is 2.93. The Kier molecular flexibility index (Phi) is 7.78. The van der Waals surface area contributed by atoms with E-state index in [4.69, 9.17) is 0 Å². The molecular formula is C22H30N2O3S. The average Bonchev–Trinajstić information content (AvgIpc) is 2.63. The molecule has 0 aliphatic rings. The van der Waals surface area contributed by atoms with E-state index in [0.717, 1.165) is 23.1 Å². The zero-order valence-corrected chi connectivity index (χ0v) is 17.9. The summed E-state index contributed by atoms with van der Waals surface area (Å²) in [7, 11) is -3.79. The molecule has 1 N–H and O–H groups in total. The van der Waals surface area contributed by atoms with Gasteiger partial charge in [0.2, 0.25) is 15.9 Å². The number of carbonyl (C=O) groups excluding carboxylic acids is 1. The highest BCUT2D eigenvalue weighted by Crippen LogP contribution is 2.19. The first kappa shape index (κ1) is 22.1. The molecule has 2 aromatic carbocycles. The van der Waals surface area contributed by atoms with E-state index in [9.17, 15) is 13.2 Å². The molecular weight excluding hydrogens is 372 g/mol. The average molecular weight is 403 g/mol. The van der Waals surface area contributed by atoms with Gasteiger partial charge in [0.15, 0.2) is 0 Å². The molecule has 0 aliphatic carbocycles. The monoisotopic (exact) mass is 402 g/mol. The number of sulfonamides is 1. The Balaban J connectivity index is 2.23. The van der Waals surface area contributed by atoms with E-state index in [1.165, 1.54) is 4.31 Å². The van der Waals surface area contributed by atoms with Gasteiger partial charge >= 0.3 is 0 Å². The van der Waals surface area contributed by atoms with Crippen LogP contribution in [0.4, 0.5) is 0 Å². The number of aryl methyl sites for hydroxylation is 2. The number of nitrogens with zero attached hydrogens (tertiary/aromatic N) is 1. The van der Waals surface area contributed by atoms with E-state index < -0.39 is 10.0 Å². The highest BCUT2D eigenvalue weighted by atomic mass is 32.2. The van der Waals surface area contributed by atoms with Crippen molar-refractivity contribution in [1.29, 1.82) is 0 Å². The summed E-state index contributed by atoms with van der Waals surface area (Å²) >= 11 is 0. The highest BCUT2D eigenvalue weighted by molar-refractivity contribution is 7.89. The van der Waals surface area contributed by atoms with E-state index in [1.54, 1.807) is 24.3 Å². The van der Waals surface area contributed by atoms with Crippen LogP contribution in [0.1, 0.15) is 37.0 Å². The summed E-state index contributed by atoms with van der Waals surface area (Å²) in [6.45, 7) is 8.53. The van der Waals surface area contributed by atoms with Crippen molar-refractivity contribution < 1.29 is 13.2 Å². The van der Waals surface area contributed by atoms with Crippen LogP contribution in [-0.2, 0) is 21.4 Å². The van der Waals surface area contributed by atoms with Gasteiger partial charge in [0.05, 0.1) is 11.4 Å². The van der Waals surface area contributed by atoms with Crippen molar-refractivity contribution in [2.24, 2.45) is 5.92 Å². The van der Waals surface area contributed by atoms with E-state index in [2.05, 4.69) is 19.2 Å². The van der Waals surface area contributed by atoms with Crippen LogP contribution in [0.5, 0.6) is 0 Å². The van der Waals surface area contributed by atoms with Crippen molar-refractivity contribution >= 4 is 15.9 Å². The number of benzene rings is 2. The Bertz CT molecular complexity index is 873. The fourth-order valence-corrected chi connectivity index (χ4v) is 4.08. The van der Waals surface area contributed by atoms with Crippen LogP contribution in [0.3, 0.4) is 0 Å². The van der Waals surface area contributed by atoms with E-state index >= 15 is 0 Å². The van der Waals surface area contributed by atoms with Crippen molar-refractivity contribution in [3.05, 3.63) is 65.2 Å². The maximum Gasteiger partial charge on any atom is 0.243 e. The maximum absolute atomic E-state index is 13.2. The van der Waals surface area contributed by atoms with Gasteiger partial charge in [0.1, 0.15) is 0 Å². The molecule has 0 spiro atoms. The topological polar surface area (TPSA) is 66.5 Å². The highest BCUT2D eigenvalue weighted by Gasteiger charge is 2.26. The van der Waals surface area contributed by atoms with Crippen LogP contribution in [0.25, 0.3) is 0 Å². The SMILES string of the molecule is Cc1ccc(CN(CC(=O)NCCC(C)C)S(=O)(=O)c2ccc(C)cc2)cc1. The molecule has 152 valence electrons. The van der Waals surface area contributed by atoms with Gasteiger partial charge in [-0.3, -0.25) is 4.79 Å². The van der Waals surface area contributed by atoms with Crippen LogP contribution in [0.15, 0.2) is 53.4 Å². The lowest BCUT2D eigenvalue weighted by Crippen LogP contribution is -2.40. The van der Waals surface area contributed by atoms with Crippen molar-refractivity contribution in [2.75, 3.05) is 13.1 Å². The minimum absolute atomic E-state index is 0.147. The number of nitrogens with one attached hydrogen (secondary N) is 1. The van der Waals surface area contributed by atoms with Gasteiger partial charge in [-0.1, -0.05) is 61.4 Å². The van der Waals surface area contributed by atoms with Crippen LogP contribution in [0.2, 0.25) is 0 Å². The Hall–Kier alpha value is -2.18. The van der Waals surface area contributed by atoms with Crippen LogP contribution in [0, 0.1) is 19.8 Å². The van der Waals surface area contributed by atoms with Crippen LogP contribution >= 0.6 is 0 Å². The van der Waals surface area contributed by atoms with Crippen molar-refractivity contribution in [1.82, 2.24) is 9.62 Å². The third kappa shape index (κ3) is 6.46. The molecule has 0 unspecified atom stereocenters. The van der Waals surface area contributed by atoms with Gasteiger partial charge in [-0.2, -0.15) is 4.31 Å². The van der Waals surface area contributed by atoms with Crippen molar-refractivity contribution in [3.8, 4) is 0 Å². The largest absolute Gasteiger partial charge is 0.355 e. The summed E-state index contributed by atoms with van der Waals surface area (Å²) in [4.78, 5) is 12.6. The summed E-state index contributed by atoms with van der Waals surface area (Å²) in [6.07, 6.45) is 0.856. The zero-order chi connectivity index (χ0) is 20.7. The second kappa shape index (κ2) is 9.85. The fraction of sp³-hybridized carbons (Fsp3) is 0.409. The van der Waals surface area contributed by atoms with Crippen molar-refractivity contribution in [3.63, 3.8) is 0 Å². The molecule has 0 fully saturated rings. The molecule has 2 rings (SSSR count). The zero-order valence-electron chi connectivity index (χ0n) is 17.1. The summed E-state index contributed by atoms with van der Waals surface area (Å²) in [5.74, 6) is 0.184. The summed E-state index contributed by atoms with van der Waals surface area (Å²) in [5, 5.41) is 2.83. The molecule has 0 radical (unpaired) electrons. The molecule has 6 heteroatoms. The number of amides is 1. The smallest absolute Gasteiger partial charge is 0.243 e. The minimum Gasteiger partial charge on any atom is -0.355 e. The number of carbonyl (C=O) groups is 1. The fourth-order valence-electron chi connectivity index (χ4n) is 2.70. The third-order valence-corrected chi connectivity index (χ3v) is 6.31. The lowest BCUT2D eigenvalue weighted by molar-refractivity contribution is -0.121. The van der Waals surface area contributed by atoms with Gasteiger partial charge in [-0.15, -0.1) is 0 Å². The molecule has 1 amide bonds. The molecule has 0 bridgehead atoms. The summed E-state index contributed by atoms with van der Waals surface area (Å²) in [6, 6.07) is 14.4. The molecule has 0 heterocycles. The second-order valence-electron chi connectivity index (χ2n) is 7.60.